The number of piperazine rings is 1. The number of amides is 2. The van der Waals surface area contributed by atoms with E-state index in [9.17, 15) is 9.59 Å². The first kappa shape index (κ1) is 26.2. The smallest absolute Gasteiger partial charge is 0.256 e. The lowest BCUT2D eigenvalue weighted by molar-refractivity contribution is -0.121. The number of rotatable bonds is 9. The number of anilines is 1. The predicted molar refractivity (Wildman–Crippen MR) is 145 cm³/mol. The summed E-state index contributed by atoms with van der Waals surface area (Å²) in [6.07, 6.45) is 3.34. The molecule has 0 unspecified atom stereocenters. The van der Waals surface area contributed by atoms with Crippen molar-refractivity contribution in [1.82, 2.24) is 20.0 Å². The van der Waals surface area contributed by atoms with Crippen molar-refractivity contribution in [2.24, 2.45) is 0 Å². The molecule has 7 heteroatoms. The number of carbonyl (C=O) groups excluding carboxylic acids is 2. The predicted octanol–water partition coefficient (Wildman–Crippen LogP) is 2.72. The Bertz CT molecular complexity index is 980. The summed E-state index contributed by atoms with van der Waals surface area (Å²) in [5, 5.41) is 3.21. The molecule has 2 heterocycles. The Kier molecular flexibility index (Phi) is 9.36. The number of hydrogen-bond acceptors (Lipinski definition) is 5. The third-order valence-electron chi connectivity index (χ3n) is 7.28. The van der Waals surface area contributed by atoms with Gasteiger partial charge in [0, 0.05) is 51.0 Å². The van der Waals surface area contributed by atoms with E-state index in [1.165, 1.54) is 0 Å². The Hall–Kier alpha value is -2.90. The van der Waals surface area contributed by atoms with Crippen molar-refractivity contribution in [2.45, 2.75) is 31.7 Å². The summed E-state index contributed by atoms with van der Waals surface area (Å²) in [5.41, 5.74) is 2.85. The molecule has 2 aliphatic rings. The Morgan fingerprint density at radius 1 is 0.889 bits per heavy atom. The Morgan fingerprint density at radius 3 is 2.25 bits per heavy atom. The van der Waals surface area contributed by atoms with Gasteiger partial charge < -0.3 is 20.0 Å². The first-order chi connectivity index (χ1) is 17.5. The van der Waals surface area contributed by atoms with Crippen LogP contribution in [0.4, 0.5) is 5.69 Å². The van der Waals surface area contributed by atoms with Crippen molar-refractivity contribution >= 4 is 17.5 Å². The highest BCUT2D eigenvalue weighted by Crippen LogP contribution is 2.26. The van der Waals surface area contributed by atoms with E-state index < -0.39 is 0 Å². The number of nitrogens with zero attached hydrogens (tertiary/aromatic N) is 4. The highest BCUT2D eigenvalue weighted by molar-refractivity contribution is 6.00. The van der Waals surface area contributed by atoms with Crippen molar-refractivity contribution in [2.75, 3.05) is 71.4 Å². The van der Waals surface area contributed by atoms with Crippen LogP contribution in [0.25, 0.3) is 0 Å². The molecule has 36 heavy (non-hydrogen) atoms. The molecular weight excluding hydrogens is 450 g/mol. The maximum atomic E-state index is 13.5. The average Bonchev–Trinajstić information content (AvgIpc) is 2.89. The molecule has 0 aliphatic carbocycles. The van der Waals surface area contributed by atoms with Crippen molar-refractivity contribution in [1.29, 1.82) is 0 Å². The molecule has 0 atom stereocenters. The van der Waals surface area contributed by atoms with E-state index in [1.807, 2.05) is 53.4 Å². The zero-order valence-corrected chi connectivity index (χ0v) is 21.9. The fraction of sp³-hybridized carbons (Fsp3) is 0.517. The molecule has 0 saturated carbocycles. The average molecular weight is 492 g/mol. The third kappa shape index (κ3) is 7.31. The highest BCUT2D eigenvalue weighted by Gasteiger charge is 2.27. The zero-order valence-electron chi connectivity index (χ0n) is 21.9. The van der Waals surface area contributed by atoms with E-state index in [-0.39, 0.29) is 17.9 Å². The fourth-order valence-electron chi connectivity index (χ4n) is 5.21. The molecule has 4 rings (SSSR count). The van der Waals surface area contributed by atoms with Gasteiger partial charge in [0.25, 0.3) is 5.91 Å². The highest BCUT2D eigenvalue weighted by atomic mass is 16.2. The zero-order chi connectivity index (χ0) is 25.3. The van der Waals surface area contributed by atoms with Gasteiger partial charge in [-0.3, -0.25) is 14.5 Å². The second-order valence-corrected chi connectivity index (χ2v) is 10.3. The van der Waals surface area contributed by atoms with Crippen LogP contribution in [0.15, 0.2) is 54.6 Å². The molecule has 1 N–H and O–H groups in total. The summed E-state index contributed by atoms with van der Waals surface area (Å²) >= 11 is 0. The lowest BCUT2D eigenvalue weighted by atomic mass is 10.0. The summed E-state index contributed by atoms with van der Waals surface area (Å²) < 4.78 is 0. The first-order valence-corrected chi connectivity index (χ1v) is 13.3. The van der Waals surface area contributed by atoms with E-state index in [0.29, 0.717) is 6.42 Å². The van der Waals surface area contributed by atoms with E-state index in [1.54, 1.807) is 0 Å². The van der Waals surface area contributed by atoms with Crippen LogP contribution in [0.3, 0.4) is 0 Å². The Labute approximate surface area is 216 Å². The fourth-order valence-corrected chi connectivity index (χ4v) is 5.21. The van der Waals surface area contributed by atoms with Crippen LogP contribution in [0, 0.1) is 0 Å². The van der Waals surface area contributed by atoms with Gasteiger partial charge >= 0.3 is 0 Å². The molecule has 0 aromatic heterocycles. The summed E-state index contributed by atoms with van der Waals surface area (Å²) in [7, 11) is 4.22. The van der Waals surface area contributed by atoms with Gasteiger partial charge in [0.15, 0.2) is 0 Å². The molecule has 2 aromatic rings. The summed E-state index contributed by atoms with van der Waals surface area (Å²) in [6.45, 7) is 7.30. The van der Waals surface area contributed by atoms with Crippen LogP contribution in [0.1, 0.15) is 35.2 Å². The van der Waals surface area contributed by atoms with E-state index in [2.05, 4.69) is 40.2 Å². The molecule has 0 bridgehead atoms. The SMILES string of the molecule is CN(C)CCCN1CCN(C(=O)c2ccccc2N2CCC(NC(=O)Cc3ccccc3)CC2)CC1. The molecule has 2 aromatic carbocycles. The van der Waals surface area contributed by atoms with Gasteiger partial charge in [-0.05, 0) is 64.1 Å². The molecule has 0 spiro atoms. The molecule has 0 radical (unpaired) electrons. The monoisotopic (exact) mass is 491 g/mol. The number of nitrogens with one attached hydrogen (secondary N) is 1. The minimum Gasteiger partial charge on any atom is -0.371 e. The van der Waals surface area contributed by atoms with Crippen LogP contribution in [0.2, 0.25) is 0 Å². The molecule has 2 saturated heterocycles. The number of para-hydroxylation sites is 1. The molecular formula is C29H41N5O2. The van der Waals surface area contributed by atoms with Gasteiger partial charge in [-0.2, -0.15) is 0 Å². The lowest BCUT2D eigenvalue weighted by Gasteiger charge is -2.37. The van der Waals surface area contributed by atoms with Crippen LogP contribution < -0.4 is 10.2 Å². The minimum absolute atomic E-state index is 0.0797. The molecule has 7 nitrogen and oxygen atoms in total. The second kappa shape index (κ2) is 12.9. The summed E-state index contributed by atoms with van der Waals surface area (Å²) in [6, 6.07) is 18.1. The topological polar surface area (TPSA) is 59.1 Å². The third-order valence-corrected chi connectivity index (χ3v) is 7.28. The maximum absolute atomic E-state index is 13.5. The molecule has 2 fully saturated rings. The molecule has 2 aliphatic heterocycles. The number of hydrogen-bond donors (Lipinski definition) is 1. The summed E-state index contributed by atoms with van der Waals surface area (Å²) in [5.74, 6) is 0.216. The van der Waals surface area contributed by atoms with Crippen LogP contribution >= 0.6 is 0 Å². The van der Waals surface area contributed by atoms with Crippen molar-refractivity contribution in [3.63, 3.8) is 0 Å². The largest absolute Gasteiger partial charge is 0.371 e. The normalized spacial score (nSPS) is 17.4. The first-order valence-electron chi connectivity index (χ1n) is 13.3. The number of carbonyl (C=O) groups is 2. The van der Waals surface area contributed by atoms with Gasteiger partial charge in [0.2, 0.25) is 5.91 Å². The second-order valence-electron chi connectivity index (χ2n) is 10.3. The number of benzene rings is 2. The Balaban J connectivity index is 1.27. The van der Waals surface area contributed by atoms with Crippen molar-refractivity contribution < 1.29 is 9.59 Å². The lowest BCUT2D eigenvalue weighted by Crippen LogP contribution is -2.49. The minimum atomic E-state index is 0.0797. The number of piperidine rings is 1. The van der Waals surface area contributed by atoms with Crippen LogP contribution in [-0.4, -0.2) is 99.0 Å². The van der Waals surface area contributed by atoms with E-state index >= 15 is 0 Å². The van der Waals surface area contributed by atoms with Crippen LogP contribution in [-0.2, 0) is 11.2 Å². The van der Waals surface area contributed by atoms with Gasteiger partial charge in [-0.1, -0.05) is 42.5 Å². The Morgan fingerprint density at radius 2 is 1.56 bits per heavy atom. The summed E-state index contributed by atoms with van der Waals surface area (Å²) in [4.78, 5) is 35.0. The van der Waals surface area contributed by atoms with Gasteiger partial charge in [0.05, 0.1) is 12.0 Å². The van der Waals surface area contributed by atoms with E-state index in [0.717, 1.165) is 88.4 Å². The van der Waals surface area contributed by atoms with Gasteiger partial charge in [-0.25, -0.2) is 0 Å². The molecule has 2 amide bonds. The van der Waals surface area contributed by atoms with E-state index in [4.69, 9.17) is 0 Å². The van der Waals surface area contributed by atoms with Crippen molar-refractivity contribution in [3.05, 3.63) is 65.7 Å². The molecule has 194 valence electrons. The maximum Gasteiger partial charge on any atom is 0.256 e. The quantitative estimate of drug-likeness (QED) is 0.585. The van der Waals surface area contributed by atoms with Gasteiger partial charge in [-0.15, -0.1) is 0 Å². The standard InChI is InChI=1S/C29H41N5O2/c1-31(2)15-8-16-32-19-21-34(22-20-32)29(36)26-11-6-7-12-27(26)33-17-13-25(14-18-33)30-28(35)23-24-9-4-3-5-10-24/h3-7,9-12,25H,8,13-23H2,1-2H3,(H,30,35). The van der Waals surface area contributed by atoms with Gasteiger partial charge in [0.1, 0.15) is 0 Å². The van der Waals surface area contributed by atoms with Crippen LogP contribution in [0.5, 0.6) is 0 Å². The van der Waals surface area contributed by atoms with Crippen molar-refractivity contribution in [3.8, 4) is 0 Å².